The Bertz CT molecular complexity index is 816. The maximum Gasteiger partial charge on any atom is 0.332 e. The van der Waals surface area contributed by atoms with E-state index < -0.39 is 11.1 Å². The van der Waals surface area contributed by atoms with E-state index in [1.165, 1.54) is 0 Å². The van der Waals surface area contributed by atoms with Crippen LogP contribution in [-0.4, -0.2) is 41.6 Å². The Morgan fingerprint density at radius 2 is 1.77 bits per heavy atom. The van der Waals surface area contributed by atoms with Gasteiger partial charge in [-0.25, -0.2) is 4.79 Å². The molecular formula is C26H41NO4. The minimum absolute atomic E-state index is 0.104. The fourth-order valence-electron chi connectivity index (χ4n) is 4.63. The van der Waals surface area contributed by atoms with Crippen LogP contribution in [0, 0.1) is 11.8 Å². The van der Waals surface area contributed by atoms with Crippen LogP contribution in [-0.2, 0) is 14.9 Å². The van der Waals surface area contributed by atoms with Gasteiger partial charge in [0, 0.05) is 12.1 Å². The summed E-state index contributed by atoms with van der Waals surface area (Å²) in [5, 5.41) is 0. The molecular weight excluding hydrogens is 390 g/mol. The van der Waals surface area contributed by atoms with Crippen LogP contribution in [0.15, 0.2) is 18.2 Å². The number of likely N-dealkylation sites (tertiary alicyclic amines) is 1. The van der Waals surface area contributed by atoms with Crippen molar-refractivity contribution in [2.45, 2.75) is 91.7 Å². The Kier molecular flexibility index (Phi) is 7.19. The van der Waals surface area contributed by atoms with Crippen molar-refractivity contribution in [3.8, 4) is 5.75 Å². The van der Waals surface area contributed by atoms with E-state index in [0.29, 0.717) is 30.7 Å². The van der Waals surface area contributed by atoms with E-state index in [4.69, 9.17) is 9.47 Å². The van der Waals surface area contributed by atoms with Crippen LogP contribution in [0.25, 0.3) is 0 Å². The van der Waals surface area contributed by atoms with Gasteiger partial charge >= 0.3 is 5.97 Å². The van der Waals surface area contributed by atoms with Crippen molar-refractivity contribution in [2.24, 2.45) is 11.8 Å². The Morgan fingerprint density at radius 3 is 2.26 bits per heavy atom. The highest BCUT2D eigenvalue weighted by Crippen LogP contribution is 2.41. The summed E-state index contributed by atoms with van der Waals surface area (Å²) in [5.74, 6) is 0.702. The van der Waals surface area contributed by atoms with E-state index in [9.17, 15) is 9.59 Å². The first-order chi connectivity index (χ1) is 14.1. The van der Waals surface area contributed by atoms with Crippen LogP contribution in [0.3, 0.4) is 0 Å². The van der Waals surface area contributed by atoms with E-state index >= 15 is 0 Å². The molecule has 1 heterocycles. The minimum atomic E-state index is -0.951. The molecule has 0 bridgehead atoms. The number of carbonyl (C=O) groups is 2. The third kappa shape index (κ3) is 5.61. The molecule has 0 spiro atoms. The summed E-state index contributed by atoms with van der Waals surface area (Å²) >= 11 is 0. The van der Waals surface area contributed by atoms with Crippen LogP contribution >= 0.6 is 0 Å². The fourth-order valence-corrected chi connectivity index (χ4v) is 4.63. The number of hydrogen-bond acceptors (Lipinski definition) is 4. The first-order valence-corrected chi connectivity index (χ1v) is 11.3. The quantitative estimate of drug-likeness (QED) is 0.569. The second kappa shape index (κ2) is 8.84. The van der Waals surface area contributed by atoms with Gasteiger partial charge in [-0.3, -0.25) is 4.79 Å². The lowest BCUT2D eigenvalue weighted by Gasteiger charge is -2.39. The number of nitrogens with zero attached hydrogens (tertiary/aromatic N) is 1. The van der Waals surface area contributed by atoms with Crippen molar-refractivity contribution in [2.75, 3.05) is 13.7 Å². The summed E-state index contributed by atoms with van der Waals surface area (Å²) < 4.78 is 11.5. The Hall–Kier alpha value is -2.04. The standard InChI is InChI=1S/C26H41NO4/c1-17(2)14-26(23(29)31-25(7,8)9)15-18(3)16-27(26)22(28)19-11-12-20(24(4,5)6)21(13-19)30-10/h11-13,17-18H,14-16H2,1-10H3/t18-,26-/m0/s1. The number of methoxy groups -OCH3 is 1. The molecule has 0 aromatic heterocycles. The van der Waals surface area contributed by atoms with Crippen molar-refractivity contribution < 1.29 is 19.1 Å². The van der Waals surface area contributed by atoms with Gasteiger partial charge in [-0.1, -0.05) is 47.6 Å². The number of hydrogen-bond donors (Lipinski definition) is 0. The molecule has 1 aromatic carbocycles. The highest BCUT2D eigenvalue weighted by Gasteiger charge is 2.54. The lowest BCUT2D eigenvalue weighted by atomic mass is 9.83. The minimum Gasteiger partial charge on any atom is -0.496 e. The summed E-state index contributed by atoms with van der Waals surface area (Å²) in [6, 6.07) is 5.62. The van der Waals surface area contributed by atoms with E-state index in [-0.39, 0.29) is 29.1 Å². The average Bonchev–Trinajstić information content (AvgIpc) is 2.94. The third-order valence-electron chi connectivity index (χ3n) is 5.72. The molecule has 174 valence electrons. The lowest BCUT2D eigenvalue weighted by molar-refractivity contribution is -0.168. The zero-order valence-corrected chi connectivity index (χ0v) is 21.1. The van der Waals surface area contributed by atoms with E-state index in [0.717, 1.165) is 5.56 Å². The van der Waals surface area contributed by atoms with Gasteiger partial charge < -0.3 is 14.4 Å². The van der Waals surface area contributed by atoms with Gasteiger partial charge in [0.1, 0.15) is 16.9 Å². The normalized spacial score (nSPS) is 22.0. The third-order valence-corrected chi connectivity index (χ3v) is 5.72. The summed E-state index contributed by atoms with van der Waals surface area (Å²) in [6.07, 6.45) is 1.19. The Balaban J connectivity index is 2.52. The van der Waals surface area contributed by atoms with E-state index in [1.807, 2.05) is 32.9 Å². The summed E-state index contributed by atoms with van der Waals surface area (Å²) in [5.41, 5.74) is -0.0855. The molecule has 1 fully saturated rings. The van der Waals surface area contributed by atoms with Gasteiger partial charge in [-0.05, 0) is 68.6 Å². The first kappa shape index (κ1) is 25.2. The van der Waals surface area contributed by atoms with Gasteiger partial charge in [0.15, 0.2) is 0 Å². The van der Waals surface area contributed by atoms with E-state index in [2.05, 4.69) is 41.5 Å². The highest BCUT2D eigenvalue weighted by atomic mass is 16.6. The number of benzene rings is 1. The molecule has 31 heavy (non-hydrogen) atoms. The van der Waals surface area contributed by atoms with Crippen LogP contribution in [0.4, 0.5) is 0 Å². The van der Waals surface area contributed by atoms with Gasteiger partial charge in [-0.2, -0.15) is 0 Å². The van der Waals surface area contributed by atoms with Crippen LogP contribution in [0.1, 0.15) is 91.1 Å². The predicted octanol–water partition coefficient (Wildman–Crippen LogP) is 5.60. The fraction of sp³-hybridized carbons (Fsp3) is 0.692. The second-order valence-corrected chi connectivity index (χ2v) is 11.5. The lowest BCUT2D eigenvalue weighted by Crippen LogP contribution is -2.55. The maximum atomic E-state index is 13.8. The predicted molar refractivity (Wildman–Crippen MR) is 125 cm³/mol. The zero-order chi connectivity index (χ0) is 23.8. The van der Waals surface area contributed by atoms with Crippen molar-refractivity contribution in [3.05, 3.63) is 29.3 Å². The molecule has 1 aliphatic rings. The molecule has 2 rings (SSSR count). The SMILES string of the molecule is COc1cc(C(=O)N2C[C@@H](C)C[C@@]2(CC(C)C)C(=O)OC(C)(C)C)ccc1C(C)(C)C. The highest BCUT2D eigenvalue weighted by molar-refractivity contribution is 5.99. The molecule has 0 radical (unpaired) electrons. The molecule has 2 atom stereocenters. The molecule has 5 nitrogen and oxygen atoms in total. The van der Waals surface area contributed by atoms with Gasteiger partial charge in [-0.15, -0.1) is 0 Å². The second-order valence-electron chi connectivity index (χ2n) is 11.5. The zero-order valence-electron chi connectivity index (χ0n) is 21.1. The molecule has 1 aromatic rings. The smallest absolute Gasteiger partial charge is 0.332 e. The molecule has 0 saturated carbocycles. The molecule has 0 unspecified atom stereocenters. The van der Waals surface area contributed by atoms with Crippen LogP contribution in [0.5, 0.6) is 5.75 Å². The van der Waals surface area contributed by atoms with E-state index in [1.54, 1.807) is 18.1 Å². The van der Waals surface area contributed by atoms with Crippen LogP contribution < -0.4 is 4.74 Å². The summed E-state index contributed by atoms with van der Waals surface area (Å²) in [7, 11) is 1.63. The van der Waals surface area contributed by atoms with Gasteiger partial charge in [0.2, 0.25) is 0 Å². The molecule has 1 amide bonds. The molecule has 0 N–H and O–H groups in total. The number of carbonyl (C=O) groups excluding carboxylic acids is 2. The molecule has 0 aliphatic carbocycles. The van der Waals surface area contributed by atoms with Crippen LogP contribution in [0.2, 0.25) is 0 Å². The van der Waals surface area contributed by atoms with Crippen molar-refractivity contribution in [1.82, 2.24) is 4.90 Å². The van der Waals surface area contributed by atoms with Gasteiger partial charge in [0.25, 0.3) is 5.91 Å². The molecule has 1 aliphatic heterocycles. The Labute approximate surface area is 188 Å². The topological polar surface area (TPSA) is 55.8 Å². The van der Waals surface area contributed by atoms with Gasteiger partial charge in [0.05, 0.1) is 7.11 Å². The molecule has 5 heteroatoms. The maximum absolute atomic E-state index is 13.8. The largest absolute Gasteiger partial charge is 0.496 e. The number of ether oxygens (including phenoxy) is 2. The number of esters is 1. The Morgan fingerprint density at radius 1 is 1.16 bits per heavy atom. The first-order valence-electron chi connectivity index (χ1n) is 11.3. The summed E-state index contributed by atoms with van der Waals surface area (Å²) in [4.78, 5) is 29.0. The summed E-state index contributed by atoms with van der Waals surface area (Å²) in [6.45, 7) is 18.7. The average molecular weight is 432 g/mol. The molecule has 1 saturated heterocycles. The van der Waals surface area contributed by atoms with Crippen molar-refractivity contribution in [1.29, 1.82) is 0 Å². The van der Waals surface area contributed by atoms with Crippen molar-refractivity contribution >= 4 is 11.9 Å². The van der Waals surface area contributed by atoms with Crippen molar-refractivity contribution in [3.63, 3.8) is 0 Å². The monoisotopic (exact) mass is 431 g/mol. The number of rotatable bonds is 5. The number of amides is 1.